The SMILES string of the molecule is CC(CNCc1cccc(O)c1O)N1CCCC1. The lowest BCUT2D eigenvalue weighted by atomic mass is 10.2. The van der Waals surface area contributed by atoms with Crippen LogP contribution >= 0.6 is 0 Å². The first-order valence-electron chi connectivity index (χ1n) is 6.63. The quantitative estimate of drug-likeness (QED) is 0.696. The lowest BCUT2D eigenvalue weighted by Crippen LogP contribution is -2.38. The van der Waals surface area contributed by atoms with E-state index in [0.29, 0.717) is 12.6 Å². The van der Waals surface area contributed by atoms with Crippen molar-refractivity contribution in [2.45, 2.75) is 32.4 Å². The van der Waals surface area contributed by atoms with Gasteiger partial charge in [0.2, 0.25) is 0 Å². The maximum absolute atomic E-state index is 9.67. The zero-order valence-corrected chi connectivity index (χ0v) is 10.9. The fraction of sp³-hybridized carbons (Fsp3) is 0.571. The normalized spacial score (nSPS) is 18.1. The van der Waals surface area contributed by atoms with Crippen molar-refractivity contribution >= 4 is 0 Å². The molecular weight excluding hydrogens is 228 g/mol. The zero-order chi connectivity index (χ0) is 13.0. The van der Waals surface area contributed by atoms with Crippen LogP contribution in [0, 0.1) is 0 Å². The van der Waals surface area contributed by atoms with Gasteiger partial charge in [0.25, 0.3) is 0 Å². The van der Waals surface area contributed by atoms with E-state index in [2.05, 4.69) is 17.1 Å². The summed E-state index contributed by atoms with van der Waals surface area (Å²) in [6, 6.07) is 5.58. The molecule has 0 spiro atoms. The Morgan fingerprint density at radius 1 is 1.28 bits per heavy atom. The second-order valence-corrected chi connectivity index (χ2v) is 5.01. The maximum Gasteiger partial charge on any atom is 0.161 e. The van der Waals surface area contributed by atoms with Crippen LogP contribution in [0.1, 0.15) is 25.3 Å². The van der Waals surface area contributed by atoms with Crippen LogP contribution in [0.2, 0.25) is 0 Å². The standard InChI is InChI=1S/C14H22N2O2/c1-11(16-7-2-3-8-16)9-15-10-12-5-4-6-13(17)14(12)18/h4-6,11,15,17-18H,2-3,7-10H2,1H3. The van der Waals surface area contributed by atoms with Gasteiger partial charge in [0, 0.05) is 24.7 Å². The molecule has 1 unspecified atom stereocenters. The molecule has 100 valence electrons. The maximum atomic E-state index is 9.67. The molecule has 0 aliphatic carbocycles. The van der Waals surface area contributed by atoms with Gasteiger partial charge >= 0.3 is 0 Å². The third-order valence-electron chi connectivity index (χ3n) is 3.62. The van der Waals surface area contributed by atoms with Crippen LogP contribution in [-0.4, -0.2) is 40.8 Å². The van der Waals surface area contributed by atoms with Crippen LogP contribution in [0.5, 0.6) is 11.5 Å². The van der Waals surface area contributed by atoms with Crippen molar-refractivity contribution in [1.82, 2.24) is 10.2 Å². The zero-order valence-electron chi connectivity index (χ0n) is 10.9. The fourth-order valence-electron chi connectivity index (χ4n) is 2.45. The van der Waals surface area contributed by atoms with Gasteiger partial charge in [-0.15, -0.1) is 0 Å². The van der Waals surface area contributed by atoms with Gasteiger partial charge in [-0.1, -0.05) is 12.1 Å². The van der Waals surface area contributed by atoms with Gasteiger partial charge in [-0.2, -0.15) is 0 Å². The highest BCUT2D eigenvalue weighted by Gasteiger charge is 2.17. The molecule has 1 saturated heterocycles. The molecule has 1 aromatic rings. The molecule has 4 nitrogen and oxygen atoms in total. The summed E-state index contributed by atoms with van der Waals surface area (Å²) in [4.78, 5) is 2.48. The Hall–Kier alpha value is -1.26. The topological polar surface area (TPSA) is 55.7 Å². The van der Waals surface area contributed by atoms with E-state index in [9.17, 15) is 10.2 Å². The molecule has 0 saturated carbocycles. The predicted octanol–water partition coefficient (Wildman–Crippen LogP) is 1.67. The molecule has 0 bridgehead atoms. The van der Waals surface area contributed by atoms with Crippen LogP contribution in [0.15, 0.2) is 18.2 Å². The molecule has 1 heterocycles. The molecule has 0 aromatic heterocycles. The summed E-state index contributed by atoms with van der Waals surface area (Å²) in [5.41, 5.74) is 0.739. The van der Waals surface area contributed by atoms with Crippen molar-refractivity contribution in [2.24, 2.45) is 0 Å². The van der Waals surface area contributed by atoms with Gasteiger partial charge in [0.15, 0.2) is 11.5 Å². The minimum absolute atomic E-state index is 0.0150. The fourth-order valence-corrected chi connectivity index (χ4v) is 2.45. The van der Waals surface area contributed by atoms with Gasteiger partial charge in [-0.25, -0.2) is 0 Å². The van der Waals surface area contributed by atoms with Crippen LogP contribution in [-0.2, 0) is 6.54 Å². The molecule has 1 fully saturated rings. The van der Waals surface area contributed by atoms with Gasteiger partial charge in [0.05, 0.1) is 0 Å². The number of para-hydroxylation sites is 1. The molecule has 2 rings (SSSR count). The summed E-state index contributed by atoms with van der Waals surface area (Å²) in [6.07, 6.45) is 2.61. The number of likely N-dealkylation sites (tertiary alicyclic amines) is 1. The summed E-state index contributed by atoms with van der Waals surface area (Å²) in [6.45, 7) is 6.09. The summed E-state index contributed by atoms with van der Waals surface area (Å²) in [5, 5.41) is 22.4. The third-order valence-corrected chi connectivity index (χ3v) is 3.62. The number of hydrogen-bond donors (Lipinski definition) is 3. The molecule has 18 heavy (non-hydrogen) atoms. The Kier molecular flexibility index (Phi) is 4.44. The predicted molar refractivity (Wildman–Crippen MR) is 71.7 cm³/mol. The molecule has 1 aliphatic rings. The summed E-state index contributed by atoms with van der Waals surface area (Å²) in [7, 11) is 0. The number of nitrogens with one attached hydrogen (secondary N) is 1. The number of hydrogen-bond acceptors (Lipinski definition) is 4. The van der Waals surface area contributed by atoms with Gasteiger partial charge in [-0.05, 0) is 38.9 Å². The minimum atomic E-state index is -0.0538. The Morgan fingerprint density at radius 2 is 2.00 bits per heavy atom. The van der Waals surface area contributed by atoms with Crippen molar-refractivity contribution < 1.29 is 10.2 Å². The number of benzene rings is 1. The largest absolute Gasteiger partial charge is 0.504 e. The molecular formula is C14H22N2O2. The summed E-state index contributed by atoms with van der Waals surface area (Å²) in [5.74, 6) is -0.0688. The minimum Gasteiger partial charge on any atom is -0.504 e. The molecule has 0 amide bonds. The molecule has 1 atom stereocenters. The van der Waals surface area contributed by atoms with Crippen LogP contribution in [0.3, 0.4) is 0 Å². The molecule has 1 aromatic carbocycles. The van der Waals surface area contributed by atoms with Crippen LogP contribution in [0.25, 0.3) is 0 Å². The second-order valence-electron chi connectivity index (χ2n) is 5.01. The van der Waals surface area contributed by atoms with Gasteiger partial charge < -0.3 is 15.5 Å². The van der Waals surface area contributed by atoms with E-state index >= 15 is 0 Å². The first kappa shape index (κ1) is 13.2. The smallest absolute Gasteiger partial charge is 0.161 e. The Labute approximate surface area is 108 Å². The van der Waals surface area contributed by atoms with Gasteiger partial charge in [0.1, 0.15) is 0 Å². The average Bonchev–Trinajstić information content (AvgIpc) is 2.88. The molecule has 4 heteroatoms. The van der Waals surface area contributed by atoms with Crippen LogP contribution < -0.4 is 5.32 Å². The lowest BCUT2D eigenvalue weighted by Gasteiger charge is -2.24. The van der Waals surface area contributed by atoms with E-state index in [4.69, 9.17) is 0 Å². The van der Waals surface area contributed by atoms with E-state index in [1.54, 1.807) is 6.07 Å². The van der Waals surface area contributed by atoms with Crippen LogP contribution in [0.4, 0.5) is 0 Å². The Morgan fingerprint density at radius 3 is 2.72 bits per heavy atom. The Bertz CT molecular complexity index is 389. The first-order valence-corrected chi connectivity index (χ1v) is 6.63. The lowest BCUT2D eigenvalue weighted by molar-refractivity contribution is 0.251. The number of rotatable bonds is 5. The van der Waals surface area contributed by atoms with E-state index in [0.717, 1.165) is 12.1 Å². The first-order chi connectivity index (χ1) is 8.68. The number of aromatic hydroxyl groups is 2. The highest BCUT2D eigenvalue weighted by molar-refractivity contribution is 5.44. The monoisotopic (exact) mass is 250 g/mol. The second kappa shape index (κ2) is 6.07. The van der Waals surface area contributed by atoms with Gasteiger partial charge in [-0.3, -0.25) is 4.90 Å². The number of nitrogens with zero attached hydrogens (tertiary/aromatic N) is 1. The summed E-state index contributed by atoms with van der Waals surface area (Å²) < 4.78 is 0. The summed E-state index contributed by atoms with van der Waals surface area (Å²) >= 11 is 0. The van der Waals surface area contributed by atoms with Crippen molar-refractivity contribution in [2.75, 3.05) is 19.6 Å². The number of phenols is 2. The van der Waals surface area contributed by atoms with E-state index < -0.39 is 0 Å². The van der Waals surface area contributed by atoms with Crippen molar-refractivity contribution in [1.29, 1.82) is 0 Å². The molecule has 0 radical (unpaired) electrons. The Balaban J connectivity index is 1.79. The van der Waals surface area contributed by atoms with Crippen molar-refractivity contribution in [3.63, 3.8) is 0 Å². The number of phenolic OH excluding ortho intramolecular Hbond substituents is 2. The van der Waals surface area contributed by atoms with Crippen molar-refractivity contribution in [3.05, 3.63) is 23.8 Å². The van der Waals surface area contributed by atoms with E-state index in [1.807, 2.05) is 6.07 Å². The average molecular weight is 250 g/mol. The molecule has 1 aliphatic heterocycles. The highest BCUT2D eigenvalue weighted by Crippen LogP contribution is 2.27. The highest BCUT2D eigenvalue weighted by atomic mass is 16.3. The molecule has 3 N–H and O–H groups in total. The van der Waals surface area contributed by atoms with E-state index in [-0.39, 0.29) is 11.5 Å². The third kappa shape index (κ3) is 3.15. The van der Waals surface area contributed by atoms with E-state index in [1.165, 1.54) is 32.0 Å². The van der Waals surface area contributed by atoms with Crippen molar-refractivity contribution in [3.8, 4) is 11.5 Å².